The van der Waals surface area contributed by atoms with Crippen LogP contribution in [0.5, 0.6) is 5.75 Å². The van der Waals surface area contributed by atoms with Crippen molar-refractivity contribution >= 4 is 17.0 Å². The summed E-state index contributed by atoms with van der Waals surface area (Å²) in [5.74, 6) is 1.82. The quantitative estimate of drug-likeness (QED) is 0.421. The minimum absolute atomic E-state index is 0.813. The molecule has 0 saturated heterocycles. The topological polar surface area (TPSA) is 22.4 Å². The van der Waals surface area contributed by atoms with Crippen LogP contribution in [0.4, 0.5) is 0 Å². The van der Waals surface area contributed by atoms with Crippen molar-refractivity contribution in [2.75, 3.05) is 7.11 Å². The van der Waals surface area contributed by atoms with Gasteiger partial charge in [-0.1, -0.05) is 72.8 Å². The first-order valence-electron chi connectivity index (χ1n) is 8.71. The Bertz CT molecular complexity index is 1020. The van der Waals surface area contributed by atoms with Crippen LogP contribution in [0.15, 0.2) is 89.4 Å². The van der Waals surface area contributed by atoms with E-state index in [4.69, 9.17) is 9.15 Å². The van der Waals surface area contributed by atoms with Gasteiger partial charge in [0.15, 0.2) is 0 Å². The zero-order valence-corrected chi connectivity index (χ0v) is 14.7. The Labute approximate surface area is 153 Å². The number of allylic oxidation sites excluding steroid dienone is 1. The second-order valence-electron chi connectivity index (χ2n) is 6.15. The Kier molecular flexibility index (Phi) is 4.57. The van der Waals surface area contributed by atoms with Gasteiger partial charge in [0.25, 0.3) is 0 Å². The lowest BCUT2D eigenvalue weighted by atomic mass is 10.0. The lowest BCUT2D eigenvalue weighted by Gasteiger charge is -2.01. The fourth-order valence-corrected chi connectivity index (χ4v) is 3.15. The van der Waals surface area contributed by atoms with Crippen LogP contribution < -0.4 is 4.74 Å². The van der Waals surface area contributed by atoms with Crippen molar-refractivity contribution < 1.29 is 9.15 Å². The van der Waals surface area contributed by atoms with Crippen molar-refractivity contribution in [1.29, 1.82) is 0 Å². The summed E-state index contributed by atoms with van der Waals surface area (Å²) in [6.45, 7) is 0. The third kappa shape index (κ3) is 3.27. The summed E-state index contributed by atoms with van der Waals surface area (Å²) < 4.78 is 11.4. The molecule has 128 valence electrons. The molecule has 1 aromatic heterocycles. The van der Waals surface area contributed by atoms with Gasteiger partial charge < -0.3 is 9.15 Å². The summed E-state index contributed by atoms with van der Waals surface area (Å²) in [4.78, 5) is 0. The molecule has 0 fully saturated rings. The first kappa shape index (κ1) is 16.2. The maximum atomic E-state index is 6.17. The van der Waals surface area contributed by atoms with Crippen molar-refractivity contribution in [2.24, 2.45) is 0 Å². The van der Waals surface area contributed by atoms with E-state index >= 15 is 0 Å². The Morgan fingerprint density at radius 1 is 0.846 bits per heavy atom. The number of methoxy groups -OCH3 is 1. The van der Waals surface area contributed by atoms with Gasteiger partial charge in [-0.2, -0.15) is 0 Å². The molecule has 26 heavy (non-hydrogen) atoms. The Hall–Kier alpha value is -3.26. The van der Waals surface area contributed by atoms with Crippen molar-refractivity contribution in [3.63, 3.8) is 0 Å². The van der Waals surface area contributed by atoms with Crippen molar-refractivity contribution in [3.8, 4) is 17.1 Å². The van der Waals surface area contributed by atoms with Crippen LogP contribution in [0.1, 0.15) is 11.1 Å². The van der Waals surface area contributed by atoms with Gasteiger partial charge in [-0.15, -0.1) is 0 Å². The predicted molar refractivity (Wildman–Crippen MR) is 107 cm³/mol. The van der Waals surface area contributed by atoms with Gasteiger partial charge in [-0.25, -0.2) is 0 Å². The van der Waals surface area contributed by atoms with Crippen LogP contribution in [0.2, 0.25) is 0 Å². The first-order chi connectivity index (χ1) is 12.8. The summed E-state index contributed by atoms with van der Waals surface area (Å²) in [5, 5.41) is 1.17. The first-order valence-corrected chi connectivity index (χ1v) is 8.71. The van der Waals surface area contributed by atoms with Gasteiger partial charge in [-0.05, 0) is 30.2 Å². The average Bonchev–Trinajstić information content (AvgIpc) is 3.08. The molecule has 0 saturated carbocycles. The lowest BCUT2D eigenvalue weighted by Crippen LogP contribution is -1.84. The van der Waals surface area contributed by atoms with E-state index in [1.54, 1.807) is 7.11 Å². The summed E-state index contributed by atoms with van der Waals surface area (Å²) >= 11 is 0. The third-order valence-electron chi connectivity index (χ3n) is 4.48. The van der Waals surface area contributed by atoms with Crippen molar-refractivity contribution in [3.05, 3.63) is 96.1 Å². The Morgan fingerprint density at radius 3 is 2.35 bits per heavy atom. The highest BCUT2D eigenvalue weighted by Crippen LogP contribution is 2.34. The fraction of sp³-hybridized carbons (Fsp3) is 0.0833. The summed E-state index contributed by atoms with van der Waals surface area (Å²) in [5.41, 5.74) is 4.41. The number of hydrogen-bond donors (Lipinski definition) is 0. The second kappa shape index (κ2) is 7.32. The largest absolute Gasteiger partial charge is 0.497 e. The van der Waals surface area contributed by atoms with Crippen LogP contribution in [0, 0.1) is 0 Å². The number of hydrogen-bond acceptors (Lipinski definition) is 2. The smallest absolute Gasteiger partial charge is 0.138 e. The fourth-order valence-electron chi connectivity index (χ4n) is 3.15. The van der Waals surface area contributed by atoms with E-state index in [0.29, 0.717) is 0 Å². The molecule has 0 radical (unpaired) electrons. The maximum Gasteiger partial charge on any atom is 0.138 e. The van der Waals surface area contributed by atoms with Crippen molar-refractivity contribution in [2.45, 2.75) is 6.42 Å². The monoisotopic (exact) mass is 340 g/mol. The number of fused-ring (bicyclic) bond motifs is 1. The van der Waals surface area contributed by atoms with E-state index in [1.807, 2.05) is 42.5 Å². The van der Waals surface area contributed by atoms with E-state index in [2.05, 4.69) is 48.6 Å². The molecule has 2 nitrogen and oxygen atoms in total. The highest BCUT2D eigenvalue weighted by Gasteiger charge is 2.14. The predicted octanol–water partition coefficient (Wildman–Crippen LogP) is 6.36. The Morgan fingerprint density at radius 2 is 1.58 bits per heavy atom. The summed E-state index contributed by atoms with van der Waals surface area (Å²) in [6, 6.07) is 26.6. The average molecular weight is 340 g/mol. The number of benzene rings is 3. The molecule has 0 unspecified atom stereocenters. The van der Waals surface area contributed by atoms with Crippen LogP contribution in [0.25, 0.3) is 28.4 Å². The van der Waals surface area contributed by atoms with Crippen LogP contribution in [-0.4, -0.2) is 7.11 Å². The third-order valence-corrected chi connectivity index (χ3v) is 4.48. The minimum atomic E-state index is 0.813. The lowest BCUT2D eigenvalue weighted by molar-refractivity contribution is 0.415. The zero-order valence-electron chi connectivity index (χ0n) is 14.7. The van der Waals surface area contributed by atoms with Gasteiger partial charge in [0.1, 0.15) is 17.1 Å². The number of para-hydroxylation sites is 1. The highest BCUT2D eigenvalue weighted by molar-refractivity contribution is 5.88. The van der Waals surface area contributed by atoms with Gasteiger partial charge in [0.2, 0.25) is 0 Å². The van der Waals surface area contributed by atoms with Crippen LogP contribution in [-0.2, 0) is 6.42 Å². The molecule has 0 spiro atoms. The molecule has 0 aliphatic heterocycles. The van der Waals surface area contributed by atoms with Crippen LogP contribution in [0.3, 0.4) is 0 Å². The van der Waals surface area contributed by atoms with Gasteiger partial charge >= 0.3 is 0 Å². The number of furan rings is 1. The van der Waals surface area contributed by atoms with Gasteiger partial charge in [0.05, 0.1) is 7.11 Å². The molecule has 0 amide bonds. The molecule has 1 heterocycles. The normalized spacial score (nSPS) is 11.3. The number of rotatable bonds is 5. The zero-order chi connectivity index (χ0) is 17.8. The van der Waals surface area contributed by atoms with E-state index in [0.717, 1.165) is 34.6 Å². The molecule has 3 aromatic carbocycles. The van der Waals surface area contributed by atoms with Crippen LogP contribution >= 0.6 is 0 Å². The van der Waals surface area contributed by atoms with E-state index in [-0.39, 0.29) is 0 Å². The standard InChI is InChI=1S/C24H20O2/c1-25-20-16-14-18(15-17-20)8-7-12-22-21-11-5-6-13-23(21)26-24(22)19-9-3-2-4-10-19/h2-11,13-17H,12H2,1H3/b8-7+. The van der Waals surface area contributed by atoms with Gasteiger partial charge in [-0.3, -0.25) is 0 Å². The molecular weight excluding hydrogens is 320 g/mol. The number of ether oxygens (including phenoxy) is 1. The van der Waals surface area contributed by atoms with Gasteiger partial charge in [0, 0.05) is 16.5 Å². The van der Waals surface area contributed by atoms with E-state index < -0.39 is 0 Å². The molecule has 0 bridgehead atoms. The molecule has 4 rings (SSSR count). The SMILES string of the molecule is COc1ccc(/C=C/Cc2c(-c3ccccc3)oc3ccccc23)cc1. The minimum Gasteiger partial charge on any atom is -0.497 e. The van der Waals surface area contributed by atoms with Crippen molar-refractivity contribution in [1.82, 2.24) is 0 Å². The van der Waals surface area contributed by atoms with E-state index in [9.17, 15) is 0 Å². The Balaban J connectivity index is 1.67. The molecule has 0 N–H and O–H groups in total. The molecular formula is C24H20O2. The van der Waals surface area contributed by atoms with E-state index in [1.165, 1.54) is 10.9 Å². The molecule has 4 aromatic rings. The second-order valence-corrected chi connectivity index (χ2v) is 6.15. The summed E-state index contributed by atoms with van der Waals surface area (Å²) in [7, 11) is 1.68. The molecule has 0 aliphatic rings. The summed E-state index contributed by atoms with van der Waals surface area (Å²) in [6.07, 6.45) is 5.13. The molecule has 0 aliphatic carbocycles. The highest BCUT2D eigenvalue weighted by atomic mass is 16.5. The molecule has 0 atom stereocenters. The molecule has 2 heteroatoms. The maximum absolute atomic E-state index is 6.17.